The zero-order chi connectivity index (χ0) is 10.8. The quantitative estimate of drug-likeness (QED) is 0.451. The summed E-state index contributed by atoms with van der Waals surface area (Å²) in [5, 5.41) is 11.4. The zero-order valence-electron chi connectivity index (χ0n) is 7.47. The van der Waals surface area contributed by atoms with E-state index in [1.165, 1.54) is 19.1 Å². The summed E-state index contributed by atoms with van der Waals surface area (Å²) in [4.78, 5) is 0. The fourth-order valence-corrected chi connectivity index (χ4v) is 1.60. The second kappa shape index (κ2) is 4.05. The van der Waals surface area contributed by atoms with E-state index in [2.05, 4.69) is 17.4 Å². The minimum atomic E-state index is -3.42. The fourth-order valence-electron chi connectivity index (χ4n) is 0.791. The number of hydrogen-bond acceptors (Lipinski definition) is 4. The van der Waals surface area contributed by atoms with Crippen molar-refractivity contribution in [3.63, 3.8) is 0 Å². The third-order valence-electron chi connectivity index (χ3n) is 1.57. The van der Waals surface area contributed by atoms with E-state index in [-0.39, 0.29) is 16.6 Å². The maximum absolute atomic E-state index is 11.3. The summed E-state index contributed by atoms with van der Waals surface area (Å²) in [7, 11) is -3.42. The average molecular weight is 234 g/mol. The Bertz CT molecular complexity index is 431. The van der Waals surface area contributed by atoms with E-state index in [0.29, 0.717) is 4.73 Å². The topological polar surface area (TPSA) is 73.1 Å². The highest BCUT2D eigenvalue weighted by molar-refractivity contribution is 7.92. The molecule has 1 heterocycles. The molecule has 0 saturated carbocycles. The summed E-state index contributed by atoms with van der Waals surface area (Å²) < 4.78 is 24.9. The maximum atomic E-state index is 11.3. The first-order valence-electron chi connectivity index (χ1n) is 3.88. The van der Waals surface area contributed by atoms with E-state index in [1.54, 1.807) is 6.07 Å². The molecule has 7 heteroatoms. The summed E-state index contributed by atoms with van der Waals surface area (Å²) in [6.45, 7) is 1.49. The highest BCUT2D eigenvalue weighted by Gasteiger charge is 2.15. The predicted molar refractivity (Wildman–Crippen MR) is 55.7 cm³/mol. The lowest BCUT2D eigenvalue weighted by molar-refractivity contribution is -0.630. The lowest BCUT2D eigenvalue weighted by Crippen LogP contribution is -2.34. The van der Waals surface area contributed by atoms with Crippen molar-refractivity contribution in [2.24, 2.45) is 0 Å². The number of sulfonamides is 1. The second-order valence-corrected chi connectivity index (χ2v) is 5.04. The van der Waals surface area contributed by atoms with Gasteiger partial charge in [-0.05, 0) is 19.1 Å². The standard InChI is InChI=1S/C7H10N2O3S2/c1-2-14(11,12)8-6-4-3-5-7(13)9(6)10/h3-5,8,13H,2H2,1H3. The number of anilines is 1. The number of aromatic nitrogens is 1. The van der Waals surface area contributed by atoms with Gasteiger partial charge in [0.15, 0.2) is 5.03 Å². The fraction of sp³-hybridized carbons (Fsp3) is 0.286. The number of nitrogens with one attached hydrogen (secondary N) is 1. The molecule has 5 nitrogen and oxygen atoms in total. The molecule has 0 unspecified atom stereocenters. The van der Waals surface area contributed by atoms with Gasteiger partial charge >= 0.3 is 0 Å². The van der Waals surface area contributed by atoms with Gasteiger partial charge < -0.3 is 5.21 Å². The van der Waals surface area contributed by atoms with E-state index >= 15 is 0 Å². The number of thiol groups is 1. The third-order valence-corrected chi connectivity index (χ3v) is 3.18. The van der Waals surface area contributed by atoms with Crippen LogP contribution in [0.1, 0.15) is 6.92 Å². The van der Waals surface area contributed by atoms with E-state index < -0.39 is 10.0 Å². The van der Waals surface area contributed by atoms with Crippen LogP contribution in [0.5, 0.6) is 0 Å². The molecule has 0 aliphatic rings. The van der Waals surface area contributed by atoms with E-state index in [9.17, 15) is 13.6 Å². The largest absolute Gasteiger partial charge is 0.710 e. The van der Waals surface area contributed by atoms with Gasteiger partial charge in [0.05, 0.1) is 5.75 Å². The summed E-state index contributed by atoms with van der Waals surface area (Å²) in [5.41, 5.74) is 0. The van der Waals surface area contributed by atoms with Crippen molar-refractivity contribution in [3.8, 4) is 0 Å². The minimum Gasteiger partial charge on any atom is -0.710 e. The predicted octanol–water partition coefficient (Wildman–Crippen LogP) is 0.370. The van der Waals surface area contributed by atoms with Gasteiger partial charge in [0, 0.05) is 6.07 Å². The molecule has 1 rings (SSSR count). The number of nitrogens with zero attached hydrogens (tertiary/aromatic N) is 1. The molecular weight excluding hydrogens is 224 g/mol. The van der Waals surface area contributed by atoms with Gasteiger partial charge in [-0.2, -0.15) is 13.1 Å². The highest BCUT2D eigenvalue weighted by atomic mass is 32.2. The van der Waals surface area contributed by atoms with Gasteiger partial charge in [0.25, 0.3) is 15.8 Å². The molecule has 1 aromatic heterocycles. The molecule has 1 aromatic rings. The van der Waals surface area contributed by atoms with Crippen LogP contribution in [0, 0.1) is 5.21 Å². The molecule has 0 aromatic carbocycles. The third kappa shape index (κ3) is 2.52. The lowest BCUT2D eigenvalue weighted by Gasteiger charge is -2.09. The zero-order valence-corrected chi connectivity index (χ0v) is 9.18. The van der Waals surface area contributed by atoms with E-state index in [4.69, 9.17) is 0 Å². The van der Waals surface area contributed by atoms with Gasteiger partial charge in [-0.1, -0.05) is 0 Å². The number of pyridine rings is 1. The van der Waals surface area contributed by atoms with Crippen LogP contribution < -0.4 is 9.45 Å². The van der Waals surface area contributed by atoms with Gasteiger partial charge in [0.2, 0.25) is 0 Å². The molecule has 0 amide bonds. The Kier molecular flexibility index (Phi) is 3.22. The van der Waals surface area contributed by atoms with Crippen molar-refractivity contribution in [3.05, 3.63) is 23.4 Å². The Morgan fingerprint density at radius 1 is 1.57 bits per heavy atom. The molecule has 14 heavy (non-hydrogen) atoms. The van der Waals surface area contributed by atoms with Crippen molar-refractivity contribution in [2.75, 3.05) is 10.5 Å². The molecule has 0 saturated heterocycles. The Labute approximate surface area is 87.8 Å². The lowest BCUT2D eigenvalue weighted by atomic mass is 10.5. The molecule has 0 atom stereocenters. The number of hydrogen-bond donors (Lipinski definition) is 2. The SMILES string of the molecule is CCS(=O)(=O)Nc1cccc(S)[n+]1[O-]. The van der Waals surface area contributed by atoms with Crippen LogP contribution in [0.3, 0.4) is 0 Å². The minimum absolute atomic E-state index is 0.0423. The molecule has 0 bridgehead atoms. The van der Waals surface area contributed by atoms with Crippen molar-refractivity contribution in [1.29, 1.82) is 0 Å². The van der Waals surface area contributed by atoms with Crippen LogP contribution in [-0.4, -0.2) is 14.2 Å². The van der Waals surface area contributed by atoms with Gasteiger partial charge in [-0.25, -0.2) is 4.73 Å². The van der Waals surface area contributed by atoms with E-state index in [1.807, 2.05) is 0 Å². The second-order valence-electron chi connectivity index (χ2n) is 2.57. The van der Waals surface area contributed by atoms with Crippen molar-refractivity contribution in [1.82, 2.24) is 0 Å². The van der Waals surface area contributed by atoms with Crippen molar-refractivity contribution >= 4 is 28.5 Å². The van der Waals surface area contributed by atoms with Gasteiger partial charge in [-0.3, -0.25) is 0 Å². The maximum Gasteiger partial charge on any atom is 0.298 e. The van der Waals surface area contributed by atoms with Crippen LogP contribution in [0.4, 0.5) is 5.82 Å². The van der Waals surface area contributed by atoms with Crippen LogP contribution in [-0.2, 0) is 10.0 Å². The van der Waals surface area contributed by atoms with Gasteiger partial charge in [-0.15, -0.1) is 12.6 Å². The molecule has 0 aliphatic heterocycles. The molecule has 0 fully saturated rings. The molecular formula is C7H10N2O3S2. The van der Waals surface area contributed by atoms with Crippen molar-refractivity contribution in [2.45, 2.75) is 11.9 Å². The molecule has 0 aliphatic carbocycles. The Morgan fingerprint density at radius 3 is 2.79 bits per heavy atom. The molecule has 78 valence electrons. The van der Waals surface area contributed by atoms with Crippen LogP contribution in [0.2, 0.25) is 0 Å². The van der Waals surface area contributed by atoms with Crippen LogP contribution in [0.25, 0.3) is 0 Å². The Balaban J connectivity index is 3.05. The normalized spacial score (nSPS) is 11.3. The van der Waals surface area contributed by atoms with E-state index in [0.717, 1.165) is 0 Å². The van der Waals surface area contributed by atoms with Crippen LogP contribution >= 0.6 is 12.6 Å². The first-order chi connectivity index (χ1) is 6.46. The van der Waals surface area contributed by atoms with Gasteiger partial charge in [0.1, 0.15) is 0 Å². The summed E-state index contributed by atoms with van der Waals surface area (Å²) >= 11 is 3.86. The molecule has 1 N–H and O–H groups in total. The number of rotatable bonds is 3. The Hall–Kier alpha value is -0.950. The Morgan fingerprint density at radius 2 is 2.21 bits per heavy atom. The summed E-state index contributed by atoms with van der Waals surface area (Å²) in [5.74, 6) is -0.122. The van der Waals surface area contributed by atoms with Crippen LogP contribution in [0.15, 0.2) is 23.2 Å². The first-order valence-corrected chi connectivity index (χ1v) is 5.98. The molecule has 0 spiro atoms. The first kappa shape index (κ1) is 11.1. The summed E-state index contributed by atoms with van der Waals surface area (Å²) in [6, 6.07) is 4.39. The smallest absolute Gasteiger partial charge is 0.298 e. The van der Waals surface area contributed by atoms with Crippen molar-refractivity contribution < 1.29 is 13.1 Å². The molecule has 0 radical (unpaired) electrons. The average Bonchev–Trinajstić information content (AvgIpc) is 2.13. The monoisotopic (exact) mass is 234 g/mol. The highest BCUT2D eigenvalue weighted by Crippen LogP contribution is 2.06. The summed E-state index contributed by atoms with van der Waals surface area (Å²) in [6.07, 6.45) is 0.